The second-order valence-corrected chi connectivity index (χ2v) is 11.2. The number of benzene rings is 2. The summed E-state index contributed by atoms with van der Waals surface area (Å²) in [4.78, 5) is 34.9. The number of nitrogens with one attached hydrogen (secondary N) is 1. The minimum Gasteiger partial charge on any atom is -0.365 e. The fraction of sp³-hybridized carbons (Fsp3) is 0.448. The molecule has 0 atom stereocenters. The quantitative estimate of drug-likeness (QED) is 0.412. The molecule has 1 aromatic heterocycles. The smallest absolute Gasteiger partial charge is 0.167 e. The van der Waals surface area contributed by atoms with Crippen molar-refractivity contribution < 1.29 is 9.59 Å². The standard InChI is InChI=1S/C29H37N3O2/c1-18-12-13-20(14-15-24(34)28(3,4)5)19(2)25(18)23(33)16-21-10-9-11-22-26(21)30-17-31-27(22)32-29(6,7)8/h9-13,17H,14-16H2,1-8H3,(H,30,31,32). The van der Waals surface area contributed by atoms with Crippen LogP contribution in [0.3, 0.4) is 0 Å². The molecule has 0 radical (unpaired) electrons. The lowest BCUT2D eigenvalue weighted by Crippen LogP contribution is -2.26. The number of hydrogen-bond donors (Lipinski definition) is 1. The molecule has 0 bridgehead atoms. The number of anilines is 1. The van der Waals surface area contributed by atoms with Crippen molar-refractivity contribution in [1.29, 1.82) is 0 Å². The van der Waals surface area contributed by atoms with E-state index in [9.17, 15) is 9.59 Å². The molecule has 3 rings (SSSR count). The molecule has 5 heteroatoms. The van der Waals surface area contributed by atoms with Crippen molar-refractivity contribution in [2.24, 2.45) is 5.41 Å². The van der Waals surface area contributed by atoms with Gasteiger partial charge in [0.15, 0.2) is 5.78 Å². The Morgan fingerprint density at radius 1 is 0.912 bits per heavy atom. The zero-order chi connectivity index (χ0) is 25.3. The summed E-state index contributed by atoms with van der Waals surface area (Å²) in [6.45, 7) is 16.1. The number of ketones is 2. The summed E-state index contributed by atoms with van der Waals surface area (Å²) in [6, 6.07) is 9.95. The summed E-state index contributed by atoms with van der Waals surface area (Å²) in [7, 11) is 0. The normalized spacial score (nSPS) is 12.1. The van der Waals surface area contributed by atoms with E-state index >= 15 is 0 Å². The second-order valence-electron chi connectivity index (χ2n) is 11.2. The van der Waals surface area contributed by atoms with Crippen molar-refractivity contribution in [2.45, 2.75) is 80.2 Å². The van der Waals surface area contributed by atoms with Crippen LogP contribution in [0.2, 0.25) is 0 Å². The molecule has 0 saturated carbocycles. The third-order valence-electron chi connectivity index (χ3n) is 6.12. The van der Waals surface area contributed by atoms with Crippen molar-refractivity contribution >= 4 is 28.3 Å². The number of rotatable bonds is 7. The van der Waals surface area contributed by atoms with Gasteiger partial charge in [0, 0.05) is 34.7 Å². The Morgan fingerprint density at radius 3 is 2.26 bits per heavy atom. The van der Waals surface area contributed by atoms with Gasteiger partial charge in [-0.15, -0.1) is 0 Å². The van der Waals surface area contributed by atoms with Crippen LogP contribution in [0.1, 0.15) is 80.6 Å². The fourth-order valence-corrected chi connectivity index (χ4v) is 4.22. The molecule has 0 spiro atoms. The highest BCUT2D eigenvalue weighted by Gasteiger charge is 2.22. The molecule has 0 fully saturated rings. The number of hydrogen-bond acceptors (Lipinski definition) is 5. The average molecular weight is 460 g/mol. The number of fused-ring (bicyclic) bond motifs is 1. The lowest BCUT2D eigenvalue weighted by molar-refractivity contribution is -0.126. The van der Waals surface area contributed by atoms with Gasteiger partial charge in [-0.2, -0.15) is 0 Å². The molecule has 0 saturated heterocycles. The number of aryl methyl sites for hydroxylation is 2. The highest BCUT2D eigenvalue weighted by Crippen LogP contribution is 2.28. The van der Waals surface area contributed by atoms with Crippen molar-refractivity contribution in [3.8, 4) is 0 Å². The van der Waals surface area contributed by atoms with E-state index in [4.69, 9.17) is 0 Å². The summed E-state index contributed by atoms with van der Waals surface area (Å²) in [5.74, 6) is 1.07. The Hall–Kier alpha value is -3.08. The maximum Gasteiger partial charge on any atom is 0.167 e. The highest BCUT2D eigenvalue weighted by molar-refractivity contribution is 6.03. The Labute approximate surface area is 203 Å². The third kappa shape index (κ3) is 5.88. The lowest BCUT2D eigenvalue weighted by atomic mass is 9.85. The molecule has 0 aliphatic carbocycles. The largest absolute Gasteiger partial charge is 0.365 e. The van der Waals surface area contributed by atoms with Crippen LogP contribution in [0.4, 0.5) is 5.82 Å². The van der Waals surface area contributed by atoms with Gasteiger partial charge in [0.25, 0.3) is 0 Å². The predicted molar refractivity (Wildman–Crippen MR) is 140 cm³/mol. The first-order valence-electron chi connectivity index (χ1n) is 11.9. The molecular formula is C29H37N3O2. The van der Waals surface area contributed by atoms with Gasteiger partial charge in [-0.1, -0.05) is 45.0 Å². The van der Waals surface area contributed by atoms with Gasteiger partial charge in [-0.05, 0) is 69.4 Å². The highest BCUT2D eigenvalue weighted by atomic mass is 16.1. The lowest BCUT2D eigenvalue weighted by Gasteiger charge is -2.22. The Bertz CT molecular complexity index is 1230. The van der Waals surface area contributed by atoms with Crippen molar-refractivity contribution in [3.05, 3.63) is 64.5 Å². The van der Waals surface area contributed by atoms with Crippen LogP contribution >= 0.6 is 0 Å². The minimum atomic E-state index is -0.353. The predicted octanol–water partition coefficient (Wildman–Crippen LogP) is 6.43. The monoisotopic (exact) mass is 459 g/mol. The maximum absolute atomic E-state index is 13.5. The van der Waals surface area contributed by atoms with Crippen LogP contribution in [0, 0.1) is 19.3 Å². The minimum absolute atomic E-state index is 0.0652. The van der Waals surface area contributed by atoms with E-state index in [2.05, 4.69) is 36.1 Å². The molecule has 0 amide bonds. The van der Waals surface area contributed by atoms with Gasteiger partial charge in [0.2, 0.25) is 0 Å². The topological polar surface area (TPSA) is 72.0 Å². The summed E-state index contributed by atoms with van der Waals surface area (Å²) in [5.41, 5.74) is 4.91. The first kappa shape index (κ1) is 25.5. The molecule has 1 heterocycles. The van der Waals surface area contributed by atoms with E-state index in [0.29, 0.717) is 12.8 Å². The van der Waals surface area contributed by atoms with Crippen LogP contribution in [-0.2, 0) is 17.6 Å². The SMILES string of the molecule is Cc1ccc(CCC(=O)C(C)(C)C)c(C)c1C(=O)Cc1cccc2c(NC(C)(C)C)ncnc12. The molecule has 5 nitrogen and oxygen atoms in total. The van der Waals surface area contributed by atoms with Gasteiger partial charge in [-0.25, -0.2) is 9.97 Å². The van der Waals surface area contributed by atoms with E-state index in [1.807, 2.05) is 65.0 Å². The molecule has 1 N–H and O–H groups in total. The van der Waals surface area contributed by atoms with Crippen LogP contribution < -0.4 is 5.32 Å². The number of carbonyl (C=O) groups is 2. The summed E-state index contributed by atoms with van der Waals surface area (Å²) < 4.78 is 0. The van der Waals surface area contributed by atoms with Crippen LogP contribution in [-0.4, -0.2) is 27.1 Å². The van der Waals surface area contributed by atoms with Gasteiger partial charge in [0.1, 0.15) is 17.9 Å². The zero-order valence-electron chi connectivity index (χ0n) is 21.8. The van der Waals surface area contributed by atoms with Crippen molar-refractivity contribution in [3.63, 3.8) is 0 Å². The number of aromatic nitrogens is 2. The molecule has 0 unspecified atom stereocenters. The van der Waals surface area contributed by atoms with Gasteiger partial charge in [0.05, 0.1) is 5.52 Å². The number of Topliss-reactive ketones (excluding diaryl/α,β-unsaturated/α-hetero) is 2. The van der Waals surface area contributed by atoms with E-state index in [1.165, 1.54) is 0 Å². The zero-order valence-corrected chi connectivity index (χ0v) is 21.8. The number of para-hydroxylation sites is 1. The van der Waals surface area contributed by atoms with Crippen LogP contribution in [0.5, 0.6) is 0 Å². The molecule has 180 valence electrons. The molecule has 0 aliphatic heterocycles. The molecule has 3 aromatic rings. The Balaban J connectivity index is 1.91. The van der Waals surface area contributed by atoms with Crippen LogP contribution in [0.25, 0.3) is 10.9 Å². The Kier molecular flexibility index (Phi) is 7.25. The molecule has 0 aliphatic rings. The Morgan fingerprint density at radius 2 is 1.62 bits per heavy atom. The van der Waals surface area contributed by atoms with Crippen LogP contribution in [0.15, 0.2) is 36.7 Å². The molecular weight excluding hydrogens is 422 g/mol. The second kappa shape index (κ2) is 9.65. The van der Waals surface area contributed by atoms with E-state index in [1.54, 1.807) is 6.33 Å². The van der Waals surface area contributed by atoms with E-state index < -0.39 is 0 Å². The molecule has 2 aromatic carbocycles. The molecule has 34 heavy (non-hydrogen) atoms. The van der Waals surface area contributed by atoms with Crippen molar-refractivity contribution in [1.82, 2.24) is 9.97 Å². The van der Waals surface area contributed by atoms with E-state index in [0.717, 1.165) is 44.5 Å². The van der Waals surface area contributed by atoms with Gasteiger partial charge >= 0.3 is 0 Å². The van der Waals surface area contributed by atoms with Crippen molar-refractivity contribution in [2.75, 3.05) is 5.32 Å². The van der Waals surface area contributed by atoms with Gasteiger partial charge in [-0.3, -0.25) is 9.59 Å². The average Bonchev–Trinajstić information content (AvgIpc) is 2.72. The van der Waals surface area contributed by atoms with E-state index in [-0.39, 0.29) is 28.9 Å². The van der Waals surface area contributed by atoms with Gasteiger partial charge < -0.3 is 5.32 Å². The number of nitrogens with zero attached hydrogens (tertiary/aromatic N) is 2. The first-order valence-corrected chi connectivity index (χ1v) is 11.9. The summed E-state index contributed by atoms with van der Waals surface area (Å²) in [5, 5.41) is 4.34. The maximum atomic E-state index is 13.5. The first-order chi connectivity index (χ1) is 15.8. The fourth-order valence-electron chi connectivity index (χ4n) is 4.22. The third-order valence-corrected chi connectivity index (χ3v) is 6.12. The summed E-state index contributed by atoms with van der Waals surface area (Å²) >= 11 is 0. The summed E-state index contributed by atoms with van der Waals surface area (Å²) in [6.07, 6.45) is 2.93. The number of carbonyl (C=O) groups excluding carboxylic acids is 2.